The number of hydrogen-bond acceptors (Lipinski definition) is 7. The molecule has 0 bridgehead atoms. The predicted molar refractivity (Wildman–Crippen MR) is 137 cm³/mol. The van der Waals surface area contributed by atoms with Crippen molar-refractivity contribution >= 4 is 29.4 Å². The summed E-state index contributed by atoms with van der Waals surface area (Å²) in [6, 6.07) is 10.7. The van der Waals surface area contributed by atoms with Crippen molar-refractivity contribution in [2.45, 2.75) is 37.7 Å². The maximum atomic E-state index is 13.5. The first-order valence-corrected chi connectivity index (χ1v) is 12.8. The maximum absolute atomic E-state index is 13.5. The van der Waals surface area contributed by atoms with Crippen LogP contribution in [0.3, 0.4) is 0 Å². The molecular weight excluding hydrogens is 519 g/mol. The lowest BCUT2D eigenvalue weighted by Crippen LogP contribution is -2.38. The summed E-state index contributed by atoms with van der Waals surface area (Å²) in [6.07, 6.45) is -2.11. The van der Waals surface area contributed by atoms with Gasteiger partial charge in [0, 0.05) is 16.6 Å². The predicted octanol–water partition coefficient (Wildman–Crippen LogP) is 4.94. The van der Waals surface area contributed by atoms with E-state index in [1.165, 1.54) is 28.7 Å². The van der Waals surface area contributed by atoms with E-state index >= 15 is 0 Å². The zero-order valence-corrected chi connectivity index (χ0v) is 21.8. The van der Waals surface area contributed by atoms with E-state index in [2.05, 4.69) is 16.3 Å². The fourth-order valence-electron chi connectivity index (χ4n) is 4.59. The maximum Gasteiger partial charge on any atom is 0.416 e. The van der Waals surface area contributed by atoms with Crippen LogP contribution >= 0.6 is 11.8 Å². The summed E-state index contributed by atoms with van der Waals surface area (Å²) in [7, 11) is 1.19. The molecule has 2 atom stereocenters. The molecule has 0 spiro atoms. The number of anilines is 2. The van der Waals surface area contributed by atoms with E-state index in [0.29, 0.717) is 17.5 Å². The van der Waals surface area contributed by atoms with Crippen LogP contribution in [0.5, 0.6) is 0 Å². The average Bonchev–Trinajstić information content (AvgIpc) is 3.27. The van der Waals surface area contributed by atoms with E-state index in [1.54, 1.807) is 36.9 Å². The molecule has 8 nitrogen and oxygen atoms in total. The fourth-order valence-corrected chi connectivity index (χ4v) is 4.94. The van der Waals surface area contributed by atoms with Crippen LogP contribution in [0.2, 0.25) is 0 Å². The number of nitriles is 1. The Hall–Kier alpha value is -3.98. The Labute approximate surface area is 220 Å². The number of aromatic amines is 1. The van der Waals surface area contributed by atoms with Gasteiger partial charge in [-0.1, -0.05) is 19.1 Å². The zero-order chi connectivity index (χ0) is 27.8. The van der Waals surface area contributed by atoms with Gasteiger partial charge in [-0.25, -0.2) is 19.3 Å². The smallest absolute Gasteiger partial charge is 0.416 e. The van der Waals surface area contributed by atoms with Gasteiger partial charge >= 0.3 is 17.8 Å². The van der Waals surface area contributed by atoms with Gasteiger partial charge in [-0.2, -0.15) is 30.2 Å². The Balaban J connectivity index is 2.02. The number of ether oxygens (including phenoxy) is 1. The van der Waals surface area contributed by atoms with Gasteiger partial charge in [0.15, 0.2) is 0 Å². The van der Waals surface area contributed by atoms with E-state index in [4.69, 9.17) is 4.74 Å². The molecular formula is C26H24F3N5O3S. The number of carbonyl (C=O) groups excluding carboxylic acids is 1. The number of aromatic nitrogens is 3. The molecule has 1 aromatic heterocycles. The van der Waals surface area contributed by atoms with Crippen molar-refractivity contribution in [2.75, 3.05) is 18.3 Å². The van der Waals surface area contributed by atoms with E-state index in [0.717, 1.165) is 17.7 Å². The summed E-state index contributed by atoms with van der Waals surface area (Å²) in [5, 5.41) is 16.1. The van der Waals surface area contributed by atoms with Crippen LogP contribution in [0.4, 0.5) is 24.8 Å². The average molecular weight is 544 g/mol. The SMILES string of the molecule is COC(=O)C1=C(C)N(c2cccc(C(F)(F)F)c2)c2n[nH]c(=O)n2[C@@H]1c1ccc(C#N)cc1CC(C)SC. The molecule has 2 aromatic carbocycles. The summed E-state index contributed by atoms with van der Waals surface area (Å²) in [6.45, 7) is 3.58. The third-order valence-corrected chi connectivity index (χ3v) is 7.43. The summed E-state index contributed by atoms with van der Waals surface area (Å²) in [5.74, 6) is -0.742. The van der Waals surface area contributed by atoms with E-state index in [9.17, 15) is 28.0 Å². The van der Waals surface area contributed by atoms with E-state index < -0.39 is 29.4 Å². The minimum absolute atomic E-state index is 0.0118. The minimum Gasteiger partial charge on any atom is -0.466 e. The summed E-state index contributed by atoms with van der Waals surface area (Å²) in [5.41, 5.74) is 0.560. The molecule has 0 fully saturated rings. The molecule has 198 valence electrons. The molecule has 4 rings (SSSR count). The molecule has 0 aliphatic carbocycles. The summed E-state index contributed by atoms with van der Waals surface area (Å²) >= 11 is 1.62. The molecule has 2 heterocycles. The first-order chi connectivity index (χ1) is 18.0. The number of nitrogens with one attached hydrogen (secondary N) is 1. The quantitative estimate of drug-likeness (QED) is 0.439. The van der Waals surface area contributed by atoms with Gasteiger partial charge in [-0.3, -0.25) is 4.90 Å². The molecule has 1 aliphatic rings. The number of nitrogens with zero attached hydrogens (tertiary/aromatic N) is 4. The third-order valence-electron chi connectivity index (χ3n) is 6.46. The summed E-state index contributed by atoms with van der Waals surface area (Å²) < 4.78 is 46.8. The van der Waals surface area contributed by atoms with Crippen LogP contribution in [0, 0.1) is 11.3 Å². The highest BCUT2D eigenvalue weighted by Crippen LogP contribution is 2.43. The minimum atomic E-state index is -4.60. The van der Waals surface area contributed by atoms with Crippen LogP contribution in [0.25, 0.3) is 0 Å². The zero-order valence-electron chi connectivity index (χ0n) is 21.0. The van der Waals surface area contributed by atoms with Crippen LogP contribution in [-0.4, -0.2) is 39.3 Å². The highest BCUT2D eigenvalue weighted by atomic mass is 32.2. The van der Waals surface area contributed by atoms with E-state index in [-0.39, 0.29) is 28.2 Å². The first kappa shape index (κ1) is 27.1. The number of allylic oxidation sites excluding steroid dienone is 1. The molecule has 3 aromatic rings. The molecule has 0 radical (unpaired) electrons. The second-order valence-corrected chi connectivity index (χ2v) is 10.0. The van der Waals surface area contributed by atoms with Crippen molar-refractivity contribution in [3.8, 4) is 6.07 Å². The lowest BCUT2D eigenvalue weighted by atomic mass is 9.88. The van der Waals surface area contributed by atoms with Crippen molar-refractivity contribution in [1.29, 1.82) is 5.26 Å². The van der Waals surface area contributed by atoms with Crippen LogP contribution < -0.4 is 10.6 Å². The molecule has 38 heavy (non-hydrogen) atoms. The van der Waals surface area contributed by atoms with Crippen LogP contribution in [0.15, 0.2) is 58.5 Å². The van der Waals surface area contributed by atoms with Crippen molar-refractivity contribution in [3.63, 3.8) is 0 Å². The first-order valence-electron chi connectivity index (χ1n) is 11.5. The van der Waals surface area contributed by atoms with Crippen molar-refractivity contribution in [2.24, 2.45) is 0 Å². The molecule has 0 saturated heterocycles. The van der Waals surface area contributed by atoms with Crippen molar-refractivity contribution in [1.82, 2.24) is 14.8 Å². The topological polar surface area (TPSA) is 104 Å². The van der Waals surface area contributed by atoms with Gasteiger partial charge in [-0.15, -0.1) is 5.10 Å². The Morgan fingerprint density at radius 1 is 1.29 bits per heavy atom. The molecule has 0 amide bonds. The number of carbonyl (C=O) groups is 1. The Morgan fingerprint density at radius 3 is 2.66 bits per heavy atom. The van der Waals surface area contributed by atoms with Crippen LogP contribution in [0.1, 0.15) is 42.1 Å². The highest BCUT2D eigenvalue weighted by molar-refractivity contribution is 7.99. The lowest BCUT2D eigenvalue weighted by molar-refractivity contribution is -0.138. The van der Waals surface area contributed by atoms with Gasteiger partial charge in [-0.05, 0) is 61.1 Å². The Kier molecular flexibility index (Phi) is 7.42. The van der Waals surface area contributed by atoms with Gasteiger partial charge in [0.25, 0.3) is 0 Å². The fraction of sp³-hybridized carbons (Fsp3) is 0.308. The number of H-pyrrole nitrogens is 1. The van der Waals surface area contributed by atoms with Gasteiger partial charge in [0.05, 0.1) is 29.9 Å². The second-order valence-electron chi connectivity index (χ2n) is 8.75. The van der Waals surface area contributed by atoms with Crippen molar-refractivity contribution < 1.29 is 22.7 Å². The number of benzene rings is 2. The van der Waals surface area contributed by atoms with Crippen LogP contribution in [-0.2, 0) is 22.1 Å². The normalized spacial score (nSPS) is 16.2. The lowest BCUT2D eigenvalue weighted by Gasteiger charge is -2.36. The molecule has 0 saturated carbocycles. The van der Waals surface area contributed by atoms with Gasteiger partial charge in [0.1, 0.15) is 6.04 Å². The molecule has 1 aliphatic heterocycles. The van der Waals surface area contributed by atoms with Gasteiger partial charge < -0.3 is 4.74 Å². The number of thioether (sulfide) groups is 1. The number of fused-ring (bicyclic) bond motifs is 1. The Bertz CT molecular complexity index is 1520. The number of methoxy groups -OCH3 is 1. The van der Waals surface area contributed by atoms with Gasteiger partial charge in [0.2, 0.25) is 5.95 Å². The number of alkyl halides is 3. The Morgan fingerprint density at radius 2 is 2.03 bits per heavy atom. The molecule has 12 heteroatoms. The third kappa shape index (κ3) is 4.81. The highest BCUT2D eigenvalue weighted by Gasteiger charge is 2.41. The monoisotopic (exact) mass is 543 g/mol. The standard InChI is InChI=1S/C26H24F3N5O3S/c1-14(38-4)10-17-11-16(13-30)8-9-20(17)22-21(23(35)37-3)15(2)33(24-31-32-25(36)34(22)24)19-7-5-6-18(12-19)26(27,28)29/h5-9,11-12,14,22H,10H2,1-4H3,(H,32,36)/t14?,22-/m1/s1. The molecule has 1 N–H and O–H groups in total. The number of esters is 1. The number of rotatable bonds is 6. The summed E-state index contributed by atoms with van der Waals surface area (Å²) in [4.78, 5) is 27.7. The van der Waals surface area contributed by atoms with E-state index in [1.807, 2.05) is 13.2 Å². The molecule has 1 unspecified atom stereocenters. The number of hydrogen-bond donors (Lipinski definition) is 1. The second kappa shape index (κ2) is 10.4. The van der Waals surface area contributed by atoms with Crippen molar-refractivity contribution in [3.05, 3.63) is 86.5 Å². The largest absolute Gasteiger partial charge is 0.466 e. The number of halogens is 3.